The van der Waals surface area contributed by atoms with Crippen LogP contribution in [0.5, 0.6) is 0 Å². The minimum atomic E-state index is 0.0496. The Morgan fingerprint density at radius 3 is 3.17 bits per heavy atom. The number of carbonyl (C=O) groups excluding carboxylic acids is 1. The summed E-state index contributed by atoms with van der Waals surface area (Å²) in [5, 5.41) is 11.3. The van der Waals surface area contributed by atoms with Crippen molar-refractivity contribution in [3.05, 3.63) is 22.4 Å². The van der Waals surface area contributed by atoms with E-state index >= 15 is 0 Å². The lowest BCUT2D eigenvalue weighted by Gasteiger charge is -2.34. The van der Waals surface area contributed by atoms with Crippen LogP contribution in [0.4, 0.5) is 0 Å². The molecule has 2 heterocycles. The molecule has 1 aliphatic heterocycles. The molecule has 5 heteroatoms. The molecule has 1 unspecified atom stereocenters. The molecule has 1 aromatic heterocycles. The fourth-order valence-corrected chi connectivity index (χ4v) is 3.99. The monoisotopic (exact) mass is 285 g/mol. The first kappa shape index (κ1) is 13.9. The van der Waals surface area contributed by atoms with Crippen LogP contribution in [0, 0.1) is 0 Å². The third-order valence-electron chi connectivity index (χ3n) is 3.21. The number of amides is 1. The van der Waals surface area contributed by atoms with Crippen molar-refractivity contribution in [3.8, 4) is 0 Å². The summed E-state index contributed by atoms with van der Waals surface area (Å²) in [5.74, 6) is 1.60. The van der Waals surface area contributed by atoms with Crippen molar-refractivity contribution >= 4 is 29.0 Å². The lowest BCUT2D eigenvalue weighted by atomic mass is 10.0. The van der Waals surface area contributed by atoms with Crippen LogP contribution in [-0.2, 0) is 10.5 Å². The molecule has 100 valence electrons. The van der Waals surface area contributed by atoms with Crippen LogP contribution in [0.2, 0.25) is 0 Å². The van der Waals surface area contributed by atoms with Gasteiger partial charge in [-0.2, -0.15) is 0 Å². The number of aliphatic hydroxyl groups excluding tert-OH is 1. The summed E-state index contributed by atoms with van der Waals surface area (Å²) in [6, 6.07) is 4.18. The molecule has 0 aliphatic carbocycles. The topological polar surface area (TPSA) is 40.5 Å². The lowest BCUT2D eigenvalue weighted by molar-refractivity contribution is -0.132. The van der Waals surface area contributed by atoms with Gasteiger partial charge in [0, 0.05) is 17.2 Å². The number of thioether (sulfide) groups is 1. The summed E-state index contributed by atoms with van der Waals surface area (Å²) in [6.07, 6.45) is 3.13. The third-order valence-corrected chi connectivity index (χ3v) is 5.23. The Kier molecular flexibility index (Phi) is 5.53. The number of hydrogen-bond donors (Lipinski definition) is 1. The van der Waals surface area contributed by atoms with Crippen LogP contribution in [-0.4, -0.2) is 40.9 Å². The molecular formula is C13H19NO2S2. The Labute approximate surface area is 116 Å². The number of piperidine rings is 1. The molecule has 18 heavy (non-hydrogen) atoms. The number of thiophene rings is 1. The Balaban J connectivity index is 1.76. The molecule has 0 spiro atoms. The first-order valence-electron chi connectivity index (χ1n) is 6.31. The molecule has 0 bridgehead atoms. The average molecular weight is 285 g/mol. The predicted octanol–water partition coefficient (Wildman–Crippen LogP) is 2.35. The van der Waals surface area contributed by atoms with E-state index in [1.54, 1.807) is 23.1 Å². The summed E-state index contributed by atoms with van der Waals surface area (Å²) in [5.41, 5.74) is 0. The molecule has 0 radical (unpaired) electrons. The van der Waals surface area contributed by atoms with Gasteiger partial charge in [0.1, 0.15) is 0 Å². The number of hydrogen-bond acceptors (Lipinski definition) is 4. The van der Waals surface area contributed by atoms with Crippen LogP contribution >= 0.6 is 23.1 Å². The van der Waals surface area contributed by atoms with Crippen LogP contribution in [0.25, 0.3) is 0 Å². The van der Waals surface area contributed by atoms with Crippen LogP contribution in [0.15, 0.2) is 17.5 Å². The zero-order valence-electron chi connectivity index (χ0n) is 10.4. The SMILES string of the molecule is O=C(CSCc1cccs1)N1CCCCC1CO. The van der Waals surface area contributed by atoms with E-state index < -0.39 is 0 Å². The maximum Gasteiger partial charge on any atom is 0.232 e. The minimum absolute atomic E-state index is 0.0496. The maximum absolute atomic E-state index is 12.1. The van der Waals surface area contributed by atoms with Gasteiger partial charge in [-0.25, -0.2) is 0 Å². The van der Waals surface area contributed by atoms with Crippen LogP contribution in [0.1, 0.15) is 24.1 Å². The van der Waals surface area contributed by atoms with Crippen molar-refractivity contribution in [2.75, 3.05) is 18.9 Å². The molecule has 0 saturated carbocycles. The second-order valence-corrected chi connectivity index (χ2v) is 6.51. The summed E-state index contributed by atoms with van der Waals surface area (Å²) in [4.78, 5) is 15.3. The second-order valence-electron chi connectivity index (χ2n) is 4.49. The highest BCUT2D eigenvalue weighted by Gasteiger charge is 2.25. The van der Waals surface area contributed by atoms with Gasteiger partial charge in [0.25, 0.3) is 0 Å². The van der Waals surface area contributed by atoms with Gasteiger partial charge in [-0.15, -0.1) is 23.1 Å². The van der Waals surface area contributed by atoms with Gasteiger partial charge in [0.15, 0.2) is 0 Å². The van der Waals surface area contributed by atoms with Crippen molar-refractivity contribution in [3.63, 3.8) is 0 Å². The standard InChI is InChI=1S/C13H19NO2S2/c15-8-11-4-1-2-6-14(11)13(16)10-17-9-12-5-3-7-18-12/h3,5,7,11,15H,1-2,4,6,8-10H2. The van der Waals surface area contributed by atoms with E-state index in [1.165, 1.54) is 4.88 Å². The molecule has 1 aromatic rings. The Morgan fingerprint density at radius 1 is 1.56 bits per heavy atom. The largest absolute Gasteiger partial charge is 0.394 e. The van der Waals surface area contributed by atoms with Gasteiger partial charge in [-0.05, 0) is 30.7 Å². The quantitative estimate of drug-likeness (QED) is 0.903. The molecule has 0 aromatic carbocycles. The highest BCUT2D eigenvalue weighted by molar-refractivity contribution is 7.99. The molecule has 1 fully saturated rings. The Bertz CT molecular complexity index is 367. The summed E-state index contributed by atoms with van der Waals surface area (Å²) < 4.78 is 0. The van der Waals surface area contributed by atoms with Gasteiger partial charge in [0.05, 0.1) is 18.4 Å². The van der Waals surface area contributed by atoms with Crippen molar-refractivity contribution in [1.82, 2.24) is 4.90 Å². The summed E-state index contributed by atoms with van der Waals surface area (Å²) in [6.45, 7) is 0.908. The van der Waals surface area contributed by atoms with Gasteiger partial charge < -0.3 is 10.0 Å². The third kappa shape index (κ3) is 3.73. The van der Waals surface area contributed by atoms with E-state index in [2.05, 4.69) is 11.4 Å². The van der Waals surface area contributed by atoms with E-state index in [4.69, 9.17) is 0 Å². The molecule has 3 nitrogen and oxygen atoms in total. The molecule has 1 N–H and O–H groups in total. The van der Waals surface area contributed by atoms with E-state index in [9.17, 15) is 9.90 Å². The molecule has 1 saturated heterocycles. The molecule has 1 amide bonds. The Hall–Kier alpha value is -0.520. The van der Waals surface area contributed by atoms with Crippen molar-refractivity contribution in [1.29, 1.82) is 0 Å². The van der Waals surface area contributed by atoms with E-state index in [0.29, 0.717) is 5.75 Å². The predicted molar refractivity (Wildman–Crippen MR) is 76.9 cm³/mol. The van der Waals surface area contributed by atoms with Crippen molar-refractivity contribution < 1.29 is 9.90 Å². The highest BCUT2D eigenvalue weighted by Crippen LogP contribution is 2.20. The number of carbonyl (C=O) groups is 1. The smallest absolute Gasteiger partial charge is 0.232 e. The fraction of sp³-hybridized carbons (Fsp3) is 0.615. The van der Waals surface area contributed by atoms with Gasteiger partial charge >= 0.3 is 0 Å². The average Bonchev–Trinajstić information content (AvgIpc) is 2.91. The van der Waals surface area contributed by atoms with E-state index in [1.807, 2.05) is 11.0 Å². The fourth-order valence-electron chi connectivity index (χ4n) is 2.24. The lowest BCUT2D eigenvalue weighted by Crippen LogP contribution is -2.46. The first-order valence-corrected chi connectivity index (χ1v) is 8.35. The molecular weight excluding hydrogens is 266 g/mol. The number of rotatable bonds is 5. The normalized spacial score (nSPS) is 20.1. The van der Waals surface area contributed by atoms with Gasteiger partial charge in [-0.3, -0.25) is 4.79 Å². The van der Waals surface area contributed by atoms with Crippen LogP contribution in [0.3, 0.4) is 0 Å². The van der Waals surface area contributed by atoms with Crippen LogP contribution < -0.4 is 0 Å². The second kappa shape index (κ2) is 7.16. The van der Waals surface area contributed by atoms with Crippen molar-refractivity contribution in [2.24, 2.45) is 0 Å². The number of nitrogens with zero attached hydrogens (tertiary/aromatic N) is 1. The van der Waals surface area contributed by atoms with Gasteiger partial charge in [-0.1, -0.05) is 6.07 Å². The Morgan fingerprint density at radius 2 is 2.44 bits per heavy atom. The zero-order valence-corrected chi connectivity index (χ0v) is 12.0. The first-order chi connectivity index (χ1) is 8.81. The number of aliphatic hydroxyl groups is 1. The summed E-state index contributed by atoms with van der Waals surface area (Å²) >= 11 is 3.39. The molecule has 2 rings (SSSR count). The minimum Gasteiger partial charge on any atom is -0.394 e. The molecule has 1 aliphatic rings. The maximum atomic E-state index is 12.1. The van der Waals surface area contributed by atoms with Crippen molar-refractivity contribution in [2.45, 2.75) is 31.1 Å². The zero-order chi connectivity index (χ0) is 12.8. The number of likely N-dealkylation sites (tertiary alicyclic amines) is 1. The molecule has 1 atom stereocenters. The van der Waals surface area contributed by atoms with E-state index in [0.717, 1.165) is 31.6 Å². The highest BCUT2D eigenvalue weighted by atomic mass is 32.2. The van der Waals surface area contributed by atoms with Gasteiger partial charge in [0.2, 0.25) is 5.91 Å². The van der Waals surface area contributed by atoms with E-state index in [-0.39, 0.29) is 18.6 Å². The summed E-state index contributed by atoms with van der Waals surface area (Å²) in [7, 11) is 0.